The van der Waals surface area contributed by atoms with Crippen molar-refractivity contribution in [1.29, 1.82) is 0 Å². The van der Waals surface area contributed by atoms with Gasteiger partial charge < -0.3 is 20.1 Å². The number of aliphatic hydroxyl groups is 3. The number of hydrogen-bond donors (Lipinski definition) is 3. The molecule has 1 rings (SSSR count). The van der Waals surface area contributed by atoms with Crippen LogP contribution in [0.2, 0.25) is 0 Å². The standard InChI is InChI=1S/C5H9FO4/c6-5(9)2-10-3(1-7)4(5)8/h3-4,7-9H,1-2H2/t3-,4-,5-/m0/s1. The molecular formula is C5H9FO4. The van der Waals surface area contributed by atoms with E-state index in [0.29, 0.717) is 0 Å². The predicted molar refractivity (Wildman–Crippen MR) is 28.9 cm³/mol. The first-order chi connectivity index (χ1) is 4.58. The zero-order valence-corrected chi connectivity index (χ0v) is 5.20. The lowest BCUT2D eigenvalue weighted by atomic mass is 10.1. The Morgan fingerprint density at radius 1 is 1.70 bits per heavy atom. The molecule has 3 atom stereocenters. The van der Waals surface area contributed by atoms with Gasteiger partial charge in [0.05, 0.1) is 6.61 Å². The number of hydrogen-bond acceptors (Lipinski definition) is 4. The summed E-state index contributed by atoms with van der Waals surface area (Å²) in [6.07, 6.45) is -2.65. The Kier molecular flexibility index (Phi) is 1.91. The third kappa shape index (κ3) is 1.13. The van der Waals surface area contributed by atoms with Crippen LogP contribution in [0.4, 0.5) is 4.39 Å². The SMILES string of the molecule is OC[C@@H]1OC[C@@](O)(F)[C@H]1O. The molecule has 0 radical (unpaired) electrons. The maximum absolute atomic E-state index is 12.5. The molecular weight excluding hydrogens is 143 g/mol. The number of aliphatic hydroxyl groups excluding tert-OH is 2. The van der Waals surface area contributed by atoms with Gasteiger partial charge in [0.25, 0.3) is 5.85 Å². The molecule has 5 heteroatoms. The molecule has 1 aliphatic rings. The lowest BCUT2D eigenvalue weighted by molar-refractivity contribution is -0.147. The quantitative estimate of drug-likeness (QED) is 0.423. The van der Waals surface area contributed by atoms with Crippen molar-refractivity contribution in [2.24, 2.45) is 0 Å². The van der Waals surface area contributed by atoms with Crippen molar-refractivity contribution < 1.29 is 24.4 Å². The fourth-order valence-electron chi connectivity index (χ4n) is 0.838. The second-order valence-electron chi connectivity index (χ2n) is 2.30. The summed E-state index contributed by atoms with van der Waals surface area (Å²) in [6.45, 7) is -1.08. The summed E-state index contributed by atoms with van der Waals surface area (Å²) in [6, 6.07) is 0. The molecule has 0 spiro atoms. The van der Waals surface area contributed by atoms with E-state index in [1.807, 2.05) is 0 Å². The van der Waals surface area contributed by atoms with Gasteiger partial charge in [-0.15, -0.1) is 0 Å². The largest absolute Gasteiger partial charge is 0.394 e. The van der Waals surface area contributed by atoms with Crippen molar-refractivity contribution >= 4 is 0 Å². The second kappa shape index (κ2) is 2.43. The van der Waals surface area contributed by atoms with Crippen LogP contribution in [0, 0.1) is 0 Å². The van der Waals surface area contributed by atoms with Crippen molar-refractivity contribution in [1.82, 2.24) is 0 Å². The highest BCUT2D eigenvalue weighted by Gasteiger charge is 2.48. The van der Waals surface area contributed by atoms with Crippen LogP contribution in [-0.2, 0) is 4.74 Å². The molecule has 0 amide bonds. The van der Waals surface area contributed by atoms with E-state index in [2.05, 4.69) is 4.74 Å². The van der Waals surface area contributed by atoms with Gasteiger partial charge in [0.2, 0.25) is 0 Å². The Labute approximate surface area is 56.9 Å². The first kappa shape index (κ1) is 7.87. The van der Waals surface area contributed by atoms with Gasteiger partial charge in [-0.1, -0.05) is 0 Å². The van der Waals surface area contributed by atoms with Crippen LogP contribution in [0.5, 0.6) is 0 Å². The highest BCUT2D eigenvalue weighted by Crippen LogP contribution is 2.25. The minimum Gasteiger partial charge on any atom is -0.394 e. The van der Waals surface area contributed by atoms with E-state index in [1.165, 1.54) is 0 Å². The minimum atomic E-state index is -2.70. The van der Waals surface area contributed by atoms with Crippen molar-refractivity contribution in [3.8, 4) is 0 Å². The molecule has 0 aliphatic carbocycles. The van der Waals surface area contributed by atoms with E-state index >= 15 is 0 Å². The minimum absolute atomic E-state index is 0.493. The average molecular weight is 152 g/mol. The summed E-state index contributed by atoms with van der Waals surface area (Å²) in [4.78, 5) is 0. The Hall–Kier alpha value is -0.230. The Morgan fingerprint density at radius 2 is 2.30 bits per heavy atom. The van der Waals surface area contributed by atoms with Crippen molar-refractivity contribution in [3.05, 3.63) is 0 Å². The summed E-state index contributed by atoms with van der Waals surface area (Å²) in [5.41, 5.74) is 0. The van der Waals surface area contributed by atoms with E-state index in [4.69, 9.17) is 15.3 Å². The van der Waals surface area contributed by atoms with Gasteiger partial charge in [0, 0.05) is 0 Å². The van der Waals surface area contributed by atoms with Crippen LogP contribution in [0.25, 0.3) is 0 Å². The predicted octanol–water partition coefficient (Wildman–Crippen LogP) is -1.60. The van der Waals surface area contributed by atoms with Gasteiger partial charge in [-0.3, -0.25) is 0 Å². The second-order valence-corrected chi connectivity index (χ2v) is 2.30. The molecule has 1 saturated heterocycles. The fourth-order valence-corrected chi connectivity index (χ4v) is 0.838. The lowest BCUT2D eigenvalue weighted by Crippen LogP contribution is -2.40. The number of halogens is 1. The topological polar surface area (TPSA) is 69.9 Å². The zero-order valence-electron chi connectivity index (χ0n) is 5.20. The molecule has 60 valence electrons. The van der Waals surface area contributed by atoms with Crippen LogP contribution in [-0.4, -0.2) is 46.6 Å². The maximum atomic E-state index is 12.5. The van der Waals surface area contributed by atoms with E-state index in [-0.39, 0.29) is 0 Å². The summed E-state index contributed by atoms with van der Waals surface area (Å²) < 4.78 is 17.0. The molecule has 4 nitrogen and oxygen atoms in total. The molecule has 1 heterocycles. The van der Waals surface area contributed by atoms with E-state index < -0.39 is 31.3 Å². The molecule has 0 aromatic rings. The molecule has 0 saturated carbocycles. The third-order valence-corrected chi connectivity index (χ3v) is 1.49. The summed E-state index contributed by atoms with van der Waals surface area (Å²) in [5.74, 6) is -2.70. The number of rotatable bonds is 1. The molecule has 3 N–H and O–H groups in total. The Bertz CT molecular complexity index is 127. The van der Waals surface area contributed by atoms with Crippen LogP contribution in [0.1, 0.15) is 0 Å². The Balaban J connectivity index is 2.58. The monoisotopic (exact) mass is 152 g/mol. The zero-order chi connectivity index (χ0) is 7.78. The van der Waals surface area contributed by atoms with Gasteiger partial charge in [-0.25, -0.2) is 4.39 Å². The van der Waals surface area contributed by atoms with E-state index in [9.17, 15) is 4.39 Å². The molecule has 0 bridgehead atoms. The normalized spacial score (nSPS) is 48.0. The smallest absolute Gasteiger partial charge is 0.259 e. The first-order valence-electron chi connectivity index (χ1n) is 2.90. The molecule has 0 aromatic carbocycles. The summed E-state index contributed by atoms with van der Waals surface area (Å²) in [5, 5.41) is 25.8. The molecule has 1 aliphatic heterocycles. The number of ether oxygens (including phenoxy) is 1. The van der Waals surface area contributed by atoms with Crippen molar-refractivity contribution in [2.75, 3.05) is 13.2 Å². The van der Waals surface area contributed by atoms with Crippen LogP contribution >= 0.6 is 0 Å². The molecule has 0 aromatic heterocycles. The Morgan fingerprint density at radius 3 is 2.50 bits per heavy atom. The number of alkyl halides is 1. The average Bonchev–Trinajstić information content (AvgIpc) is 2.10. The van der Waals surface area contributed by atoms with Gasteiger partial charge in [0.15, 0.2) is 0 Å². The van der Waals surface area contributed by atoms with Crippen LogP contribution < -0.4 is 0 Å². The van der Waals surface area contributed by atoms with Gasteiger partial charge in [0.1, 0.15) is 18.8 Å². The lowest BCUT2D eigenvalue weighted by Gasteiger charge is -2.15. The maximum Gasteiger partial charge on any atom is 0.259 e. The molecule has 10 heavy (non-hydrogen) atoms. The summed E-state index contributed by atoms with van der Waals surface area (Å²) >= 11 is 0. The van der Waals surface area contributed by atoms with Gasteiger partial charge >= 0.3 is 0 Å². The van der Waals surface area contributed by atoms with Crippen molar-refractivity contribution in [3.63, 3.8) is 0 Å². The molecule has 0 unspecified atom stereocenters. The van der Waals surface area contributed by atoms with Gasteiger partial charge in [-0.2, -0.15) is 0 Å². The first-order valence-corrected chi connectivity index (χ1v) is 2.90. The third-order valence-electron chi connectivity index (χ3n) is 1.49. The van der Waals surface area contributed by atoms with Crippen LogP contribution in [0.15, 0.2) is 0 Å². The van der Waals surface area contributed by atoms with Gasteiger partial charge in [-0.05, 0) is 0 Å². The van der Waals surface area contributed by atoms with E-state index in [0.717, 1.165) is 0 Å². The molecule has 1 fully saturated rings. The van der Waals surface area contributed by atoms with Crippen molar-refractivity contribution in [2.45, 2.75) is 18.1 Å². The highest BCUT2D eigenvalue weighted by molar-refractivity contribution is 4.88. The highest BCUT2D eigenvalue weighted by atomic mass is 19.2. The fraction of sp³-hybridized carbons (Fsp3) is 1.00. The van der Waals surface area contributed by atoms with Crippen LogP contribution in [0.3, 0.4) is 0 Å². The van der Waals surface area contributed by atoms with E-state index in [1.54, 1.807) is 0 Å². The summed E-state index contributed by atoms with van der Waals surface area (Å²) in [7, 11) is 0.